The number of benzene rings is 1. The predicted octanol–water partition coefficient (Wildman–Crippen LogP) is 0.675. The molecule has 0 radical (unpaired) electrons. The Kier molecular flexibility index (Phi) is 6.41. The molecule has 0 fully saturated rings. The average molecular weight is 222 g/mol. The first-order valence-corrected chi connectivity index (χ1v) is 5.48. The van der Waals surface area contributed by atoms with E-state index in [1.807, 2.05) is 6.07 Å². The minimum absolute atomic E-state index is 0.479. The second-order valence-electron chi connectivity index (χ2n) is 1.86. The summed E-state index contributed by atoms with van der Waals surface area (Å²) in [7, 11) is -5.02. The van der Waals surface area contributed by atoms with Crippen LogP contribution in [0, 0.1) is 0 Å². The van der Waals surface area contributed by atoms with Crippen molar-refractivity contribution in [3.8, 4) is 0 Å². The van der Waals surface area contributed by atoms with Crippen LogP contribution in [0.4, 0.5) is 0 Å². The Morgan fingerprint density at radius 2 is 1.31 bits per heavy atom. The summed E-state index contributed by atoms with van der Waals surface area (Å²) < 4.78 is 19.1. The van der Waals surface area contributed by atoms with Crippen molar-refractivity contribution in [3.63, 3.8) is 0 Å². The molecule has 0 amide bonds. The van der Waals surface area contributed by atoms with Crippen molar-refractivity contribution in [3.05, 3.63) is 30.3 Å². The van der Waals surface area contributed by atoms with E-state index < -0.39 is 16.3 Å². The third-order valence-electron chi connectivity index (χ3n) is 0.977. The maximum atomic E-state index is 10.3. The van der Waals surface area contributed by atoms with Crippen molar-refractivity contribution in [2.24, 2.45) is 0 Å². The van der Waals surface area contributed by atoms with E-state index in [9.17, 15) is 4.57 Å². The second-order valence-corrected chi connectivity index (χ2v) is 3.43. The third kappa shape index (κ3) is 7.65. The highest BCUT2D eigenvalue weighted by molar-refractivity contribution is 7.47. The highest BCUT2D eigenvalue weighted by Crippen LogP contribution is 2.10. The summed E-state index contributed by atoms with van der Waals surface area (Å²) in [6.07, 6.45) is 0. The van der Waals surface area contributed by atoms with Crippen LogP contribution in [0.3, 0.4) is 0 Å². The molecule has 5 nitrogen and oxygen atoms in total. The van der Waals surface area contributed by atoms with Crippen molar-refractivity contribution < 1.29 is 23.8 Å². The molecule has 3 N–H and O–H groups in total. The van der Waals surface area contributed by atoms with Gasteiger partial charge in [-0.3, -0.25) is 0 Å². The molecule has 13 heavy (non-hydrogen) atoms. The van der Waals surface area contributed by atoms with Gasteiger partial charge in [-0.2, -0.15) is 4.89 Å². The fourth-order valence-corrected chi connectivity index (χ4v) is 0.983. The van der Waals surface area contributed by atoms with Gasteiger partial charge < -0.3 is 0 Å². The van der Waals surface area contributed by atoms with Crippen molar-refractivity contribution in [2.75, 3.05) is 0 Å². The molecular weight excluding hydrogens is 214 g/mol. The van der Waals surface area contributed by atoms with Crippen LogP contribution in [-0.4, -0.2) is 14.7 Å². The van der Waals surface area contributed by atoms with Crippen molar-refractivity contribution in [1.82, 2.24) is 0 Å². The number of rotatable bonds is 1. The van der Waals surface area contributed by atoms with Crippen LogP contribution in [0.5, 0.6) is 0 Å². The SMILES string of the molecule is O=[P+](O)O.O=[P+](O)c1ccccc1. The van der Waals surface area contributed by atoms with Gasteiger partial charge >= 0.3 is 16.3 Å². The minimum atomic E-state index is -2.87. The summed E-state index contributed by atoms with van der Waals surface area (Å²) >= 11 is 0. The lowest BCUT2D eigenvalue weighted by Gasteiger charge is -1.77. The van der Waals surface area contributed by atoms with Crippen LogP contribution < -0.4 is 5.30 Å². The lowest BCUT2D eigenvalue weighted by Crippen LogP contribution is -1.91. The molecule has 70 valence electrons. The van der Waals surface area contributed by atoms with E-state index in [2.05, 4.69) is 0 Å². The minimum Gasteiger partial charge on any atom is -0.156 e. The maximum absolute atomic E-state index is 10.3. The molecule has 1 unspecified atom stereocenters. The molecule has 0 aromatic heterocycles. The van der Waals surface area contributed by atoms with Crippen LogP contribution in [-0.2, 0) is 9.13 Å². The summed E-state index contributed by atoms with van der Waals surface area (Å²) in [4.78, 5) is 22.8. The molecule has 1 atom stereocenters. The molecule has 0 saturated carbocycles. The topological polar surface area (TPSA) is 94.8 Å². The van der Waals surface area contributed by atoms with Gasteiger partial charge in [0.2, 0.25) is 5.30 Å². The maximum Gasteiger partial charge on any atom is 0.692 e. The molecule has 0 aliphatic rings. The Morgan fingerprint density at radius 3 is 1.54 bits per heavy atom. The zero-order valence-corrected chi connectivity index (χ0v) is 8.23. The first-order valence-electron chi connectivity index (χ1n) is 3.10. The quantitative estimate of drug-likeness (QED) is 0.607. The molecule has 1 rings (SSSR count). The van der Waals surface area contributed by atoms with Gasteiger partial charge in [-0.15, -0.1) is 9.79 Å². The van der Waals surface area contributed by atoms with Gasteiger partial charge in [0.05, 0.1) is 0 Å². The molecule has 1 aromatic rings. The van der Waals surface area contributed by atoms with Gasteiger partial charge in [0.15, 0.2) is 0 Å². The number of hydrogen-bond acceptors (Lipinski definition) is 2. The van der Waals surface area contributed by atoms with Crippen LogP contribution >= 0.6 is 16.3 Å². The molecule has 1 aromatic carbocycles. The van der Waals surface area contributed by atoms with Crippen LogP contribution in [0.1, 0.15) is 0 Å². The fraction of sp³-hybridized carbons (Fsp3) is 0. The van der Waals surface area contributed by atoms with E-state index in [4.69, 9.17) is 19.2 Å². The number of hydrogen-bond donors (Lipinski definition) is 3. The van der Waals surface area contributed by atoms with Crippen molar-refractivity contribution in [2.45, 2.75) is 0 Å². The summed E-state index contributed by atoms with van der Waals surface area (Å²) in [6, 6.07) is 8.53. The normalized spacial score (nSPS) is 9.62. The zero-order chi connectivity index (χ0) is 10.3. The summed E-state index contributed by atoms with van der Waals surface area (Å²) in [5.41, 5.74) is 0. The third-order valence-corrected chi connectivity index (χ3v) is 1.72. The average Bonchev–Trinajstić information content (AvgIpc) is 2.05. The highest BCUT2D eigenvalue weighted by atomic mass is 31.1. The monoisotopic (exact) mass is 222 g/mol. The van der Waals surface area contributed by atoms with Crippen LogP contribution in [0.2, 0.25) is 0 Å². The first-order chi connectivity index (χ1) is 6.04. The molecule has 0 heterocycles. The van der Waals surface area contributed by atoms with Crippen LogP contribution in [0.15, 0.2) is 30.3 Å². The van der Waals surface area contributed by atoms with E-state index in [1.54, 1.807) is 24.3 Å². The molecular formula is C6H8O5P2+2. The Balaban J connectivity index is 0.000000310. The summed E-state index contributed by atoms with van der Waals surface area (Å²) in [6.45, 7) is 0. The first kappa shape index (κ1) is 12.3. The van der Waals surface area contributed by atoms with E-state index in [0.29, 0.717) is 5.30 Å². The van der Waals surface area contributed by atoms with Gasteiger partial charge in [0, 0.05) is 4.57 Å². The second kappa shape index (κ2) is 6.78. The molecule has 7 heteroatoms. The van der Waals surface area contributed by atoms with E-state index in [-0.39, 0.29) is 0 Å². The summed E-state index contributed by atoms with van der Waals surface area (Å²) in [5.74, 6) is 0. The van der Waals surface area contributed by atoms with E-state index in [1.165, 1.54) is 0 Å². The van der Waals surface area contributed by atoms with Gasteiger partial charge in [-0.25, -0.2) is 0 Å². The standard InChI is InChI=1S/C6H5O2P.HO3P/c7-9(8)6-4-2-1-3-5-6;1-4(2)3/h1-5H;(H-,1,2,3)/p+2. The van der Waals surface area contributed by atoms with Gasteiger partial charge in [-0.05, 0) is 16.7 Å². The van der Waals surface area contributed by atoms with Crippen molar-refractivity contribution in [1.29, 1.82) is 0 Å². The Labute approximate surface area is 76.5 Å². The largest absolute Gasteiger partial charge is 0.692 e. The highest BCUT2D eigenvalue weighted by Gasteiger charge is 2.12. The van der Waals surface area contributed by atoms with Gasteiger partial charge in [0.1, 0.15) is 0 Å². The lowest BCUT2D eigenvalue weighted by molar-refractivity contribution is 0.405. The molecule has 0 bridgehead atoms. The Morgan fingerprint density at radius 1 is 0.923 bits per heavy atom. The van der Waals surface area contributed by atoms with Gasteiger partial charge in [0.25, 0.3) is 0 Å². The van der Waals surface area contributed by atoms with E-state index >= 15 is 0 Å². The Bertz CT molecular complexity index is 282. The smallest absolute Gasteiger partial charge is 0.156 e. The molecule has 0 aliphatic heterocycles. The van der Waals surface area contributed by atoms with E-state index in [0.717, 1.165) is 0 Å². The predicted molar refractivity (Wildman–Crippen MR) is 47.9 cm³/mol. The molecule has 0 spiro atoms. The van der Waals surface area contributed by atoms with Crippen molar-refractivity contribution >= 4 is 21.6 Å². The Hall–Kier alpha value is -0.700. The molecule has 0 aliphatic carbocycles. The lowest BCUT2D eigenvalue weighted by atomic mass is 10.4. The summed E-state index contributed by atoms with van der Waals surface area (Å²) in [5, 5.41) is 0.479. The zero-order valence-electron chi connectivity index (χ0n) is 6.44. The van der Waals surface area contributed by atoms with Crippen LogP contribution in [0.25, 0.3) is 0 Å². The van der Waals surface area contributed by atoms with Gasteiger partial charge in [-0.1, -0.05) is 18.2 Å². The molecule has 0 saturated heterocycles. The fourth-order valence-electron chi connectivity index (χ4n) is 0.556.